The van der Waals surface area contributed by atoms with Crippen LogP contribution < -0.4 is 0 Å². The van der Waals surface area contributed by atoms with Gasteiger partial charge in [0.1, 0.15) is 0 Å². The quantitative estimate of drug-likeness (QED) is 0.667. The third-order valence-electron chi connectivity index (χ3n) is 2.54. The number of rotatable bonds is 5. The fourth-order valence-corrected chi connectivity index (χ4v) is 2.23. The Labute approximate surface area is 113 Å². The summed E-state index contributed by atoms with van der Waals surface area (Å²) in [5.41, 5.74) is 0. The average Bonchev–Trinajstić information content (AvgIpc) is 3.04. The summed E-state index contributed by atoms with van der Waals surface area (Å²) >= 11 is 0.560. The molecule has 1 N–H and O–H groups in total. The van der Waals surface area contributed by atoms with E-state index in [-0.39, 0.29) is 5.16 Å². The van der Waals surface area contributed by atoms with Crippen LogP contribution in [0.15, 0.2) is 5.16 Å². The lowest BCUT2D eigenvalue weighted by Crippen LogP contribution is -2.36. The monoisotopic (exact) mass is 317 g/mol. The van der Waals surface area contributed by atoms with Gasteiger partial charge in [-0.1, -0.05) is 11.8 Å². The Kier molecular flexibility index (Phi) is 3.65. The number of hydrogen-bond donors (Lipinski definition) is 1. The van der Waals surface area contributed by atoms with Crippen molar-refractivity contribution in [2.75, 3.05) is 5.75 Å². The van der Waals surface area contributed by atoms with Crippen molar-refractivity contribution in [3.63, 3.8) is 0 Å². The van der Waals surface area contributed by atoms with Gasteiger partial charge in [0.15, 0.2) is 5.16 Å². The molecule has 1 heterocycles. The summed E-state index contributed by atoms with van der Waals surface area (Å²) in [6.45, 7) is 0. The van der Waals surface area contributed by atoms with Crippen molar-refractivity contribution in [3.05, 3.63) is 5.82 Å². The van der Waals surface area contributed by atoms with E-state index in [4.69, 9.17) is 5.11 Å². The van der Waals surface area contributed by atoms with Gasteiger partial charge in [0, 0.05) is 6.04 Å². The highest BCUT2D eigenvalue weighted by molar-refractivity contribution is 7.99. The van der Waals surface area contributed by atoms with Gasteiger partial charge in [-0.15, -0.1) is 10.2 Å². The maximum Gasteiger partial charge on any atom is 0.461 e. The molecule has 0 bridgehead atoms. The smallest absolute Gasteiger partial charge is 0.461 e. The maximum absolute atomic E-state index is 13.3. The van der Waals surface area contributed by atoms with Crippen LogP contribution in [0.5, 0.6) is 0 Å². The van der Waals surface area contributed by atoms with E-state index >= 15 is 0 Å². The lowest BCUT2D eigenvalue weighted by atomic mass is 10.3. The number of thioether (sulfide) groups is 1. The summed E-state index contributed by atoms with van der Waals surface area (Å²) in [5, 5.41) is 14.5. The van der Waals surface area contributed by atoms with Crippen molar-refractivity contribution in [3.8, 4) is 0 Å². The van der Waals surface area contributed by atoms with E-state index in [2.05, 4.69) is 10.2 Å². The van der Waals surface area contributed by atoms with Crippen LogP contribution in [0.2, 0.25) is 0 Å². The summed E-state index contributed by atoms with van der Waals surface area (Å²) in [6.07, 6.45) is -4.92. The first-order valence-electron chi connectivity index (χ1n) is 5.39. The van der Waals surface area contributed by atoms with Gasteiger partial charge in [0.25, 0.3) is 0 Å². The molecule has 1 aromatic rings. The van der Waals surface area contributed by atoms with Crippen LogP contribution in [0.3, 0.4) is 0 Å². The summed E-state index contributed by atoms with van der Waals surface area (Å²) < 4.78 is 64.5. The molecular weight excluding hydrogens is 309 g/mol. The number of carbonyl (C=O) groups is 1. The molecule has 1 saturated carbocycles. The predicted molar refractivity (Wildman–Crippen MR) is 56.6 cm³/mol. The number of carboxylic acid groups (broad SMARTS) is 1. The highest BCUT2D eigenvalue weighted by Crippen LogP contribution is 2.47. The van der Waals surface area contributed by atoms with Crippen LogP contribution in [0.4, 0.5) is 22.0 Å². The zero-order valence-electron chi connectivity index (χ0n) is 9.69. The molecule has 112 valence electrons. The van der Waals surface area contributed by atoms with E-state index in [1.807, 2.05) is 0 Å². The number of aromatic nitrogens is 3. The van der Waals surface area contributed by atoms with Gasteiger partial charge in [-0.2, -0.15) is 22.0 Å². The highest BCUT2D eigenvalue weighted by atomic mass is 32.2. The maximum atomic E-state index is 13.3. The van der Waals surface area contributed by atoms with Gasteiger partial charge in [0.2, 0.25) is 5.82 Å². The average molecular weight is 317 g/mol. The molecule has 0 spiro atoms. The first-order chi connectivity index (χ1) is 9.14. The third kappa shape index (κ3) is 2.72. The number of halogens is 5. The van der Waals surface area contributed by atoms with Crippen molar-refractivity contribution in [2.24, 2.45) is 0 Å². The number of aliphatic carboxylic acids is 1. The Hall–Kier alpha value is -1.39. The van der Waals surface area contributed by atoms with E-state index in [1.54, 1.807) is 0 Å². The van der Waals surface area contributed by atoms with Gasteiger partial charge in [-0.25, -0.2) is 0 Å². The second-order valence-electron chi connectivity index (χ2n) is 4.16. The summed E-state index contributed by atoms with van der Waals surface area (Å²) in [7, 11) is 0. The van der Waals surface area contributed by atoms with Crippen molar-refractivity contribution in [1.29, 1.82) is 0 Å². The minimum absolute atomic E-state index is 0.242. The van der Waals surface area contributed by atoms with Crippen LogP contribution >= 0.6 is 11.8 Å². The standard InChI is InChI=1S/C9H8F5N3O2S/c10-8(11,9(12,13)14)6-15-16-7(20-3-5(18)19)17(6)4-1-2-4/h4H,1-3H2,(H,18,19). The van der Waals surface area contributed by atoms with E-state index in [9.17, 15) is 26.7 Å². The topological polar surface area (TPSA) is 68.0 Å². The lowest BCUT2D eigenvalue weighted by molar-refractivity contribution is -0.293. The number of alkyl halides is 5. The van der Waals surface area contributed by atoms with Gasteiger partial charge < -0.3 is 5.11 Å². The SMILES string of the molecule is O=C(O)CSc1nnc(C(F)(F)C(F)(F)F)n1C1CC1. The zero-order valence-corrected chi connectivity index (χ0v) is 10.5. The van der Waals surface area contributed by atoms with Crippen LogP contribution in [0.1, 0.15) is 24.7 Å². The van der Waals surface area contributed by atoms with Gasteiger partial charge in [-0.05, 0) is 12.8 Å². The van der Waals surface area contributed by atoms with Crippen LogP contribution in [0.25, 0.3) is 0 Å². The van der Waals surface area contributed by atoms with E-state index in [0.29, 0.717) is 29.2 Å². The summed E-state index contributed by atoms with van der Waals surface area (Å²) in [4.78, 5) is 10.4. The van der Waals surface area contributed by atoms with Crippen molar-refractivity contribution >= 4 is 17.7 Å². The van der Waals surface area contributed by atoms with Gasteiger partial charge >= 0.3 is 18.1 Å². The van der Waals surface area contributed by atoms with Gasteiger partial charge in [0.05, 0.1) is 5.75 Å². The molecule has 2 rings (SSSR count). The van der Waals surface area contributed by atoms with Crippen LogP contribution in [-0.2, 0) is 10.7 Å². The van der Waals surface area contributed by atoms with E-state index in [1.165, 1.54) is 0 Å². The molecule has 1 fully saturated rings. The fourth-order valence-electron chi connectivity index (χ4n) is 1.50. The Balaban J connectivity index is 2.37. The minimum Gasteiger partial charge on any atom is -0.481 e. The minimum atomic E-state index is -5.78. The number of carboxylic acids is 1. The predicted octanol–water partition coefficient (Wildman–Crippen LogP) is 2.44. The molecule has 0 aliphatic heterocycles. The second-order valence-corrected chi connectivity index (χ2v) is 5.10. The van der Waals surface area contributed by atoms with Crippen molar-refractivity contribution in [2.45, 2.75) is 36.1 Å². The summed E-state index contributed by atoms with van der Waals surface area (Å²) in [6, 6.07) is -0.537. The largest absolute Gasteiger partial charge is 0.481 e. The molecule has 0 aromatic carbocycles. The summed E-state index contributed by atoms with van der Waals surface area (Å²) in [5.74, 6) is -8.34. The molecule has 1 aromatic heterocycles. The highest BCUT2D eigenvalue weighted by Gasteiger charge is 2.63. The van der Waals surface area contributed by atoms with E-state index < -0.39 is 35.7 Å². The first kappa shape index (κ1) is 15.0. The van der Waals surface area contributed by atoms with Crippen LogP contribution in [0, 0.1) is 0 Å². The molecule has 0 atom stereocenters. The molecule has 1 aliphatic rings. The van der Waals surface area contributed by atoms with Crippen LogP contribution in [-0.4, -0.2) is 37.8 Å². The molecule has 0 unspecified atom stereocenters. The molecular formula is C9H8F5N3O2S. The zero-order chi connectivity index (χ0) is 15.1. The Bertz CT molecular complexity index is 526. The van der Waals surface area contributed by atoms with Crippen molar-refractivity contribution < 1.29 is 31.9 Å². The lowest BCUT2D eigenvalue weighted by Gasteiger charge is -2.19. The molecule has 11 heteroatoms. The molecule has 0 amide bonds. The van der Waals surface area contributed by atoms with Crippen molar-refractivity contribution in [1.82, 2.24) is 14.8 Å². The molecule has 1 aliphatic carbocycles. The molecule has 20 heavy (non-hydrogen) atoms. The molecule has 5 nitrogen and oxygen atoms in total. The first-order valence-corrected chi connectivity index (χ1v) is 6.37. The normalized spacial score (nSPS) is 16.4. The number of nitrogens with zero attached hydrogens (tertiary/aromatic N) is 3. The Morgan fingerprint density at radius 2 is 1.90 bits per heavy atom. The Morgan fingerprint density at radius 1 is 1.30 bits per heavy atom. The van der Waals surface area contributed by atoms with E-state index in [0.717, 1.165) is 0 Å². The second kappa shape index (κ2) is 4.86. The molecule has 0 saturated heterocycles. The Morgan fingerprint density at radius 3 is 2.35 bits per heavy atom. The number of hydrogen-bond acceptors (Lipinski definition) is 4. The fraction of sp³-hybridized carbons (Fsp3) is 0.667. The molecule has 0 radical (unpaired) electrons. The van der Waals surface area contributed by atoms with Gasteiger partial charge in [-0.3, -0.25) is 9.36 Å². The third-order valence-corrected chi connectivity index (χ3v) is 3.47.